The van der Waals surface area contributed by atoms with Crippen LogP contribution >= 0.6 is 24.0 Å². The van der Waals surface area contributed by atoms with Gasteiger partial charge < -0.3 is 5.73 Å². The van der Waals surface area contributed by atoms with E-state index in [-0.39, 0.29) is 0 Å². The predicted molar refractivity (Wildman–Crippen MR) is 46.8 cm³/mol. The molecule has 3 heteroatoms. The summed E-state index contributed by atoms with van der Waals surface area (Å²) >= 11 is 6.88. The van der Waals surface area contributed by atoms with E-state index in [2.05, 4.69) is 0 Å². The van der Waals surface area contributed by atoms with Crippen LogP contribution in [0.25, 0.3) is 0 Å². The summed E-state index contributed by atoms with van der Waals surface area (Å²) in [5, 5.41) is 0. The molecule has 0 amide bonds. The van der Waals surface area contributed by atoms with Gasteiger partial charge in [0.25, 0.3) is 0 Å². The van der Waals surface area contributed by atoms with Crippen LogP contribution in [0.1, 0.15) is 12.8 Å². The van der Waals surface area contributed by atoms with E-state index in [1.165, 1.54) is 24.3 Å². The molecular weight excluding hydrogens is 150 g/mol. The third kappa shape index (κ3) is 2.14. The van der Waals surface area contributed by atoms with Gasteiger partial charge in [-0.3, -0.25) is 0 Å². The summed E-state index contributed by atoms with van der Waals surface area (Å²) < 4.78 is 0. The van der Waals surface area contributed by atoms with E-state index >= 15 is 0 Å². The monoisotopic (exact) mass is 161 g/mol. The van der Waals surface area contributed by atoms with Gasteiger partial charge in [0, 0.05) is 5.92 Å². The van der Waals surface area contributed by atoms with Gasteiger partial charge in [-0.1, -0.05) is 12.2 Å². The Bertz CT molecular complexity index is 108. The molecule has 0 atom stereocenters. The molecule has 1 aliphatic rings. The first-order valence-corrected chi connectivity index (χ1v) is 4.74. The fourth-order valence-corrected chi connectivity index (χ4v) is 2.32. The average Bonchev–Trinajstić information content (AvgIpc) is 1.90. The van der Waals surface area contributed by atoms with Gasteiger partial charge in [0.1, 0.15) is 0 Å². The Kier molecular flexibility index (Phi) is 2.79. The fourth-order valence-electron chi connectivity index (χ4n) is 0.982. The van der Waals surface area contributed by atoms with E-state index in [0.29, 0.717) is 5.92 Å². The van der Waals surface area contributed by atoms with Crippen LogP contribution in [0, 0.1) is 5.92 Å². The first-order chi connectivity index (χ1) is 4.30. The van der Waals surface area contributed by atoms with Crippen molar-refractivity contribution in [2.75, 3.05) is 11.5 Å². The van der Waals surface area contributed by atoms with E-state index in [1.54, 1.807) is 0 Å². The molecule has 0 radical (unpaired) electrons. The minimum absolute atomic E-state index is 0.543. The van der Waals surface area contributed by atoms with Crippen LogP contribution in [0.15, 0.2) is 0 Å². The van der Waals surface area contributed by atoms with Crippen molar-refractivity contribution in [3.8, 4) is 0 Å². The zero-order chi connectivity index (χ0) is 6.69. The topological polar surface area (TPSA) is 26.0 Å². The Hall–Kier alpha value is 0.240. The molecule has 0 saturated carbocycles. The molecule has 1 heterocycles. The van der Waals surface area contributed by atoms with Gasteiger partial charge >= 0.3 is 0 Å². The number of thioether (sulfide) groups is 1. The quantitative estimate of drug-likeness (QED) is 0.589. The highest BCUT2D eigenvalue weighted by molar-refractivity contribution is 7.99. The zero-order valence-electron chi connectivity index (χ0n) is 5.30. The van der Waals surface area contributed by atoms with Crippen LogP contribution in [0.2, 0.25) is 0 Å². The van der Waals surface area contributed by atoms with Crippen molar-refractivity contribution in [1.82, 2.24) is 0 Å². The Morgan fingerprint density at radius 2 is 2.00 bits per heavy atom. The molecule has 0 aromatic carbocycles. The molecular formula is C6H11NS2. The molecule has 1 rings (SSSR count). The summed E-state index contributed by atoms with van der Waals surface area (Å²) in [5.41, 5.74) is 5.49. The summed E-state index contributed by atoms with van der Waals surface area (Å²) in [6.45, 7) is 0. The molecule has 1 nitrogen and oxygen atoms in total. The van der Waals surface area contributed by atoms with Gasteiger partial charge in [-0.15, -0.1) is 0 Å². The number of hydrogen-bond acceptors (Lipinski definition) is 2. The lowest BCUT2D eigenvalue weighted by atomic mass is 10.0. The Morgan fingerprint density at radius 1 is 1.44 bits per heavy atom. The maximum atomic E-state index is 5.49. The number of thiocarbonyl (C=S) groups is 1. The van der Waals surface area contributed by atoms with Gasteiger partial charge in [-0.05, 0) is 24.3 Å². The lowest BCUT2D eigenvalue weighted by Gasteiger charge is -2.19. The molecule has 0 aromatic heterocycles. The van der Waals surface area contributed by atoms with Gasteiger partial charge in [0.2, 0.25) is 0 Å². The summed E-state index contributed by atoms with van der Waals surface area (Å²) in [6, 6.07) is 0. The second kappa shape index (κ2) is 3.42. The van der Waals surface area contributed by atoms with E-state index in [9.17, 15) is 0 Å². The zero-order valence-corrected chi connectivity index (χ0v) is 6.93. The van der Waals surface area contributed by atoms with Crippen LogP contribution in [-0.4, -0.2) is 16.5 Å². The van der Waals surface area contributed by atoms with E-state index in [1.807, 2.05) is 11.8 Å². The van der Waals surface area contributed by atoms with Crippen molar-refractivity contribution < 1.29 is 0 Å². The fraction of sp³-hybridized carbons (Fsp3) is 0.833. The van der Waals surface area contributed by atoms with Crippen LogP contribution in [0.4, 0.5) is 0 Å². The minimum Gasteiger partial charge on any atom is -0.393 e. The van der Waals surface area contributed by atoms with Crippen molar-refractivity contribution in [2.24, 2.45) is 11.7 Å². The molecule has 9 heavy (non-hydrogen) atoms. The minimum atomic E-state index is 0.543. The number of hydrogen-bond donors (Lipinski definition) is 1. The molecule has 2 N–H and O–H groups in total. The smallest absolute Gasteiger partial charge is 0.0759 e. The SMILES string of the molecule is NC(=S)C1CCSCC1. The Balaban J connectivity index is 2.31. The highest BCUT2D eigenvalue weighted by atomic mass is 32.2. The van der Waals surface area contributed by atoms with Gasteiger partial charge in [-0.25, -0.2) is 0 Å². The van der Waals surface area contributed by atoms with Crippen molar-refractivity contribution in [3.05, 3.63) is 0 Å². The standard InChI is InChI=1S/C6H11NS2/c7-6(8)5-1-3-9-4-2-5/h5H,1-4H2,(H2,7,8). The van der Waals surface area contributed by atoms with Crippen LogP contribution in [0.5, 0.6) is 0 Å². The van der Waals surface area contributed by atoms with Crippen molar-refractivity contribution >= 4 is 29.0 Å². The summed E-state index contributed by atoms with van der Waals surface area (Å²) in [5.74, 6) is 3.02. The molecule has 0 aromatic rings. The summed E-state index contributed by atoms with van der Waals surface area (Å²) in [7, 11) is 0. The Labute approximate surface area is 65.4 Å². The van der Waals surface area contributed by atoms with Gasteiger partial charge in [0.15, 0.2) is 0 Å². The van der Waals surface area contributed by atoms with Gasteiger partial charge in [-0.2, -0.15) is 11.8 Å². The van der Waals surface area contributed by atoms with E-state index < -0.39 is 0 Å². The summed E-state index contributed by atoms with van der Waals surface area (Å²) in [4.78, 5) is 0.718. The van der Waals surface area contributed by atoms with E-state index in [4.69, 9.17) is 18.0 Å². The third-order valence-corrected chi connectivity index (χ3v) is 3.01. The predicted octanol–water partition coefficient (Wildman–Crippen LogP) is 1.42. The molecule has 0 spiro atoms. The van der Waals surface area contributed by atoms with Crippen LogP contribution in [-0.2, 0) is 0 Å². The van der Waals surface area contributed by atoms with Crippen LogP contribution < -0.4 is 5.73 Å². The van der Waals surface area contributed by atoms with Crippen molar-refractivity contribution in [3.63, 3.8) is 0 Å². The summed E-state index contributed by atoms with van der Waals surface area (Å²) in [6.07, 6.45) is 2.39. The van der Waals surface area contributed by atoms with Crippen LogP contribution in [0.3, 0.4) is 0 Å². The number of nitrogens with two attached hydrogens (primary N) is 1. The molecule has 52 valence electrons. The van der Waals surface area contributed by atoms with Crippen molar-refractivity contribution in [1.29, 1.82) is 0 Å². The van der Waals surface area contributed by atoms with Gasteiger partial charge in [0.05, 0.1) is 4.99 Å². The highest BCUT2D eigenvalue weighted by Gasteiger charge is 2.14. The number of rotatable bonds is 1. The van der Waals surface area contributed by atoms with E-state index in [0.717, 1.165) is 4.99 Å². The molecule has 1 aliphatic heterocycles. The molecule has 0 bridgehead atoms. The first kappa shape index (κ1) is 7.35. The molecule has 1 fully saturated rings. The molecule has 0 aliphatic carbocycles. The largest absolute Gasteiger partial charge is 0.393 e. The average molecular weight is 161 g/mol. The lowest BCUT2D eigenvalue weighted by Crippen LogP contribution is -2.24. The third-order valence-electron chi connectivity index (χ3n) is 1.62. The molecule has 0 unspecified atom stereocenters. The maximum absolute atomic E-state index is 5.49. The highest BCUT2D eigenvalue weighted by Crippen LogP contribution is 2.22. The molecule has 1 saturated heterocycles. The lowest BCUT2D eigenvalue weighted by molar-refractivity contribution is 0.641. The second-order valence-corrected chi connectivity index (χ2v) is 3.99. The maximum Gasteiger partial charge on any atom is 0.0759 e. The second-order valence-electron chi connectivity index (χ2n) is 2.29. The van der Waals surface area contributed by atoms with Crippen molar-refractivity contribution in [2.45, 2.75) is 12.8 Å². The Morgan fingerprint density at radius 3 is 2.33 bits per heavy atom. The first-order valence-electron chi connectivity index (χ1n) is 3.18. The normalized spacial score (nSPS) is 21.8.